The Hall–Kier alpha value is -3.04. The maximum Gasteiger partial charge on any atom is 0.240 e. The molecule has 132 valence electrons. The third kappa shape index (κ3) is 2.67. The second-order valence-electron chi connectivity index (χ2n) is 5.71. The summed E-state index contributed by atoms with van der Waals surface area (Å²) >= 11 is 0. The summed E-state index contributed by atoms with van der Waals surface area (Å²) in [5.74, 6) is 0.612. The van der Waals surface area contributed by atoms with Crippen molar-refractivity contribution in [2.75, 3.05) is 7.05 Å². The molecule has 2 aromatic carbocycles. The van der Waals surface area contributed by atoms with Crippen molar-refractivity contribution in [3.05, 3.63) is 54.7 Å². The van der Waals surface area contributed by atoms with Crippen molar-refractivity contribution in [2.45, 2.75) is 4.90 Å². The van der Waals surface area contributed by atoms with Crippen LogP contribution in [-0.4, -0.2) is 40.0 Å². The first-order valence-corrected chi connectivity index (χ1v) is 9.36. The molecular formula is C17H16N6O2S. The molecule has 0 bridgehead atoms. The summed E-state index contributed by atoms with van der Waals surface area (Å²) in [7, 11) is -0.281. The number of aryl methyl sites for hydroxylation is 1. The number of fused-ring (bicyclic) bond motifs is 1. The van der Waals surface area contributed by atoms with Crippen LogP contribution in [0.1, 0.15) is 0 Å². The van der Waals surface area contributed by atoms with Gasteiger partial charge in [-0.2, -0.15) is 9.90 Å². The normalized spacial score (nSPS) is 11.9. The molecule has 0 fully saturated rings. The first-order chi connectivity index (χ1) is 12.5. The van der Waals surface area contributed by atoms with Gasteiger partial charge in [0.1, 0.15) is 5.69 Å². The molecule has 0 spiro atoms. The van der Waals surface area contributed by atoms with Crippen LogP contribution < -0.4 is 4.72 Å². The molecule has 0 aliphatic heterocycles. The second-order valence-corrected chi connectivity index (χ2v) is 7.59. The third-order valence-corrected chi connectivity index (χ3v) is 5.55. The lowest BCUT2D eigenvalue weighted by Crippen LogP contribution is -2.18. The van der Waals surface area contributed by atoms with E-state index in [2.05, 4.69) is 19.9 Å². The molecular weight excluding hydrogens is 352 g/mol. The van der Waals surface area contributed by atoms with E-state index in [1.165, 1.54) is 11.8 Å². The highest BCUT2D eigenvalue weighted by molar-refractivity contribution is 7.89. The maximum atomic E-state index is 12.0. The van der Waals surface area contributed by atoms with Crippen LogP contribution in [0.2, 0.25) is 0 Å². The van der Waals surface area contributed by atoms with E-state index in [4.69, 9.17) is 0 Å². The number of para-hydroxylation sites is 1. The first-order valence-electron chi connectivity index (χ1n) is 7.88. The number of imidazole rings is 1. The smallest absolute Gasteiger partial charge is 0.240 e. The number of rotatable bonds is 4. The highest BCUT2D eigenvalue weighted by Crippen LogP contribution is 2.24. The molecule has 0 radical (unpaired) electrons. The zero-order valence-corrected chi connectivity index (χ0v) is 15.0. The molecule has 0 amide bonds. The standard InChI is InChI=1S/C17H16N6O2S/c1-18-26(24,25)13-8-9-16-14(10-13)20-17(22(16)2)15-11-19-23(21-15)12-6-4-3-5-7-12/h3-11,18H,1-2H3. The van der Waals surface area contributed by atoms with Crippen LogP contribution in [0.15, 0.2) is 59.6 Å². The van der Waals surface area contributed by atoms with Crippen LogP contribution in [0.3, 0.4) is 0 Å². The van der Waals surface area contributed by atoms with Gasteiger partial charge in [0.25, 0.3) is 0 Å². The number of benzene rings is 2. The van der Waals surface area contributed by atoms with Crippen LogP contribution in [0, 0.1) is 0 Å². The van der Waals surface area contributed by atoms with Crippen LogP contribution in [0.4, 0.5) is 0 Å². The SMILES string of the molecule is CNS(=O)(=O)c1ccc2c(c1)nc(-c1cnn(-c3ccccc3)n1)n2C. The van der Waals surface area contributed by atoms with Gasteiger partial charge in [0.2, 0.25) is 10.0 Å². The van der Waals surface area contributed by atoms with E-state index in [-0.39, 0.29) is 4.90 Å². The maximum absolute atomic E-state index is 12.0. The lowest BCUT2D eigenvalue weighted by Gasteiger charge is -2.02. The van der Waals surface area contributed by atoms with Crippen molar-refractivity contribution >= 4 is 21.1 Å². The summed E-state index contributed by atoms with van der Waals surface area (Å²) in [5, 5.41) is 8.78. The van der Waals surface area contributed by atoms with Gasteiger partial charge in [-0.3, -0.25) is 0 Å². The average molecular weight is 368 g/mol. The Morgan fingerprint density at radius 3 is 2.58 bits per heavy atom. The van der Waals surface area contributed by atoms with Crippen molar-refractivity contribution in [1.82, 2.24) is 29.3 Å². The quantitative estimate of drug-likeness (QED) is 0.592. The minimum atomic E-state index is -3.52. The molecule has 2 aromatic heterocycles. The Kier molecular flexibility index (Phi) is 3.82. The second kappa shape index (κ2) is 6.04. The van der Waals surface area contributed by atoms with Gasteiger partial charge < -0.3 is 4.57 Å². The zero-order valence-electron chi connectivity index (χ0n) is 14.2. The van der Waals surface area contributed by atoms with E-state index in [0.29, 0.717) is 17.0 Å². The van der Waals surface area contributed by atoms with Gasteiger partial charge in [0.15, 0.2) is 5.82 Å². The van der Waals surface area contributed by atoms with E-state index in [9.17, 15) is 8.42 Å². The van der Waals surface area contributed by atoms with Crippen LogP contribution in [0.5, 0.6) is 0 Å². The fourth-order valence-corrected chi connectivity index (χ4v) is 3.49. The fraction of sp³-hybridized carbons (Fsp3) is 0.118. The molecule has 1 N–H and O–H groups in total. The summed E-state index contributed by atoms with van der Waals surface area (Å²) < 4.78 is 28.2. The molecule has 4 aromatic rings. The number of nitrogens with one attached hydrogen (secondary N) is 1. The Morgan fingerprint density at radius 2 is 1.85 bits per heavy atom. The van der Waals surface area contributed by atoms with Crippen molar-refractivity contribution in [2.24, 2.45) is 7.05 Å². The predicted octanol–water partition coefficient (Wildman–Crippen LogP) is 1.73. The summed E-state index contributed by atoms with van der Waals surface area (Å²) in [6, 6.07) is 14.4. The van der Waals surface area contributed by atoms with Gasteiger partial charge in [-0.05, 0) is 37.4 Å². The van der Waals surface area contributed by atoms with Crippen LogP contribution >= 0.6 is 0 Å². The Balaban J connectivity index is 1.80. The van der Waals surface area contributed by atoms with E-state index in [0.717, 1.165) is 11.2 Å². The zero-order chi connectivity index (χ0) is 18.3. The minimum Gasteiger partial charge on any atom is -0.326 e. The fourth-order valence-electron chi connectivity index (χ4n) is 2.74. The van der Waals surface area contributed by atoms with Gasteiger partial charge in [0, 0.05) is 7.05 Å². The van der Waals surface area contributed by atoms with Crippen molar-refractivity contribution in [3.8, 4) is 17.2 Å². The molecule has 26 heavy (non-hydrogen) atoms. The number of hydrogen-bond donors (Lipinski definition) is 1. The van der Waals surface area contributed by atoms with E-state index in [1.807, 2.05) is 41.9 Å². The van der Waals surface area contributed by atoms with Crippen molar-refractivity contribution in [1.29, 1.82) is 0 Å². The van der Waals surface area contributed by atoms with E-state index >= 15 is 0 Å². The molecule has 0 aliphatic rings. The Labute approximate surface area is 150 Å². The van der Waals surface area contributed by atoms with E-state index < -0.39 is 10.0 Å². The van der Waals surface area contributed by atoms with Gasteiger partial charge in [-0.1, -0.05) is 18.2 Å². The van der Waals surface area contributed by atoms with Gasteiger partial charge in [-0.25, -0.2) is 18.1 Å². The van der Waals surface area contributed by atoms with Gasteiger partial charge in [-0.15, -0.1) is 5.10 Å². The average Bonchev–Trinajstić information content (AvgIpc) is 3.27. The third-order valence-electron chi connectivity index (χ3n) is 4.14. The monoisotopic (exact) mass is 368 g/mol. The molecule has 0 aliphatic carbocycles. The molecule has 0 unspecified atom stereocenters. The van der Waals surface area contributed by atoms with E-state index in [1.54, 1.807) is 24.4 Å². The molecule has 9 heteroatoms. The lowest BCUT2D eigenvalue weighted by atomic mass is 10.3. The molecule has 0 atom stereocenters. The number of hydrogen-bond acceptors (Lipinski definition) is 5. The molecule has 2 heterocycles. The number of sulfonamides is 1. The molecule has 0 saturated carbocycles. The lowest BCUT2D eigenvalue weighted by molar-refractivity contribution is 0.588. The molecule has 0 saturated heterocycles. The van der Waals surface area contributed by atoms with Crippen molar-refractivity contribution < 1.29 is 8.42 Å². The topological polar surface area (TPSA) is 94.7 Å². The minimum absolute atomic E-state index is 0.171. The largest absolute Gasteiger partial charge is 0.326 e. The van der Waals surface area contributed by atoms with Gasteiger partial charge >= 0.3 is 0 Å². The van der Waals surface area contributed by atoms with Crippen molar-refractivity contribution in [3.63, 3.8) is 0 Å². The van der Waals surface area contributed by atoms with Crippen LogP contribution in [0.25, 0.3) is 28.2 Å². The summed E-state index contributed by atoms with van der Waals surface area (Å²) in [6.45, 7) is 0. The first kappa shape index (κ1) is 16.4. The molecule has 8 nitrogen and oxygen atoms in total. The summed E-state index contributed by atoms with van der Waals surface area (Å²) in [4.78, 5) is 6.26. The summed E-state index contributed by atoms with van der Waals surface area (Å²) in [5.41, 5.74) is 2.84. The van der Waals surface area contributed by atoms with Crippen LogP contribution in [-0.2, 0) is 17.1 Å². The summed E-state index contributed by atoms with van der Waals surface area (Å²) in [6.07, 6.45) is 1.64. The Morgan fingerprint density at radius 1 is 1.08 bits per heavy atom. The molecule has 4 rings (SSSR count). The Bertz CT molecular complexity index is 1190. The van der Waals surface area contributed by atoms with Gasteiger partial charge in [0.05, 0.1) is 27.8 Å². The number of aromatic nitrogens is 5. The predicted molar refractivity (Wildman–Crippen MR) is 97.3 cm³/mol. The number of nitrogens with zero attached hydrogens (tertiary/aromatic N) is 5. The highest BCUT2D eigenvalue weighted by atomic mass is 32.2. The highest BCUT2D eigenvalue weighted by Gasteiger charge is 2.17.